The molecule has 0 aliphatic carbocycles. The van der Waals surface area contributed by atoms with Crippen molar-refractivity contribution < 1.29 is 13.2 Å². The van der Waals surface area contributed by atoms with Crippen molar-refractivity contribution in [3.8, 4) is 5.82 Å². The Morgan fingerprint density at radius 2 is 1.88 bits per heavy atom. The van der Waals surface area contributed by atoms with Crippen molar-refractivity contribution in [1.29, 1.82) is 0 Å². The Hall–Kier alpha value is -3.47. The van der Waals surface area contributed by atoms with Gasteiger partial charge in [-0.3, -0.25) is 14.1 Å². The minimum absolute atomic E-state index is 0.107. The van der Waals surface area contributed by atoms with Gasteiger partial charge in [-0.15, -0.1) is 10.2 Å². The van der Waals surface area contributed by atoms with Crippen LogP contribution in [0, 0.1) is 12.8 Å². The van der Waals surface area contributed by atoms with Crippen LogP contribution in [-0.2, 0) is 14.8 Å². The van der Waals surface area contributed by atoms with Gasteiger partial charge < -0.3 is 10.2 Å². The number of anilines is 3. The van der Waals surface area contributed by atoms with Crippen LogP contribution in [0.5, 0.6) is 0 Å². The summed E-state index contributed by atoms with van der Waals surface area (Å²) in [7, 11) is -3.39. The fourth-order valence-electron chi connectivity index (χ4n) is 3.75. The average molecular weight is 456 g/mol. The summed E-state index contributed by atoms with van der Waals surface area (Å²) in [6, 6.07) is 10.4. The first-order chi connectivity index (χ1) is 15.3. The molecule has 1 saturated heterocycles. The molecule has 168 valence electrons. The fourth-order valence-corrected chi connectivity index (χ4v) is 4.31. The van der Waals surface area contributed by atoms with E-state index in [1.807, 2.05) is 29.8 Å². The molecule has 2 aromatic heterocycles. The molecule has 1 aliphatic rings. The average Bonchev–Trinajstić information content (AvgIpc) is 3.19. The van der Waals surface area contributed by atoms with E-state index in [0.29, 0.717) is 23.7 Å². The van der Waals surface area contributed by atoms with Gasteiger partial charge in [-0.05, 0) is 50.1 Å². The van der Waals surface area contributed by atoms with Crippen LogP contribution in [0.25, 0.3) is 5.82 Å². The summed E-state index contributed by atoms with van der Waals surface area (Å²) >= 11 is 0. The number of carbonyl (C=O) groups excluding carboxylic acids is 1. The first kappa shape index (κ1) is 21.8. The van der Waals surface area contributed by atoms with Crippen molar-refractivity contribution in [2.75, 3.05) is 34.3 Å². The molecule has 11 heteroatoms. The van der Waals surface area contributed by atoms with Crippen LogP contribution >= 0.6 is 0 Å². The van der Waals surface area contributed by atoms with Crippen LogP contribution in [0.15, 0.2) is 48.8 Å². The summed E-state index contributed by atoms with van der Waals surface area (Å²) in [5, 5.41) is 11.6. The number of imidazole rings is 1. The van der Waals surface area contributed by atoms with Crippen LogP contribution in [0.3, 0.4) is 0 Å². The molecular formula is C21H25N7O3S. The first-order valence-electron chi connectivity index (χ1n) is 10.3. The van der Waals surface area contributed by atoms with Crippen LogP contribution < -0.4 is 14.9 Å². The van der Waals surface area contributed by atoms with Crippen molar-refractivity contribution in [3.63, 3.8) is 0 Å². The molecule has 1 unspecified atom stereocenters. The van der Waals surface area contributed by atoms with Crippen LogP contribution in [0.4, 0.5) is 17.2 Å². The van der Waals surface area contributed by atoms with Crippen LogP contribution in [0.2, 0.25) is 0 Å². The Morgan fingerprint density at radius 1 is 1.12 bits per heavy atom. The van der Waals surface area contributed by atoms with Crippen molar-refractivity contribution >= 4 is 33.1 Å². The Morgan fingerprint density at radius 3 is 2.56 bits per heavy atom. The van der Waals surface area contributed by atoms with E-state index >= 15 is 0 Å². The van der Waals surface area contributed by atoms with Gasteiger partial charge in [-0.25, -0.2) is 13.4 Å². The molecule has 1 aliphatic heterocycles. The van der Waals surface area contributed by atoms with Gasteiger partial charge in [0.2, 0.25) is 15.9 Å². The Labute approximate surface area is 186 Å². The minimum atomic E-state index is -3.39. The molecular weight excluding hydrogens is 430 g/mol. The lowest BCUT2D eigenvalue weighted by atomic mass is 9.97. The standard InChI is InChI=1S/C21H25N7O3S/c1-15-22-10-12-28(15)20-9-8-19(24-25-20)27-11-4-5-16(14-27)21(29)23-17-6-3-7-18(13-17)26-32(2,30)31/h3,6-10,12-13,16,26H,4-5,11,14H2,1-2H3,(H,23,29). The number of rotatable bonds is 6. The maximum Gasteiger partial charge on any atom is 0.229 e. The number of amides is 1. The van der Waals surface area contributed by atoms with Crippen molar-refractivity contribution in [3.05, 3.63) is 54.6 Å². The monoisotopic (exact) mass is 455 g/mol. The number of aromatic nitrogens is 4. The molecule has 3 heterocycles. The van der Waals surface area contributed by atoms with Crippen LogP contribution in [-0.4, -0.2) is 53.4 Å². The quantitative estimate of drug-likeness (QED) is 0.584. The van der Waals surface area contributed by atoms with Gasteiger partial charge in [0.05, 0.1) is 17.9 Å². The van der Waals surface area contributed by atoms with Gasteiger partial charge in [0.15, 0.2) is 11.6 Å². The van der Waals surface area contributed by atoms with Gasteiger partial charge in [0.25, 0.3) is 0 Å². The Balaban J connectivity index is 1.41. The highest BCUT2D eigenvalue weighted by molar-refractivity contribution is 7.92. The van der Waals surface area contributed by atoms with E-state index in [0.717, 1.165) is 37.3 Å². The highest BCUT2D eigenvalue weighted by Crippen LogP contribution is 2.24. The molecule has 1 amide bonds. The maximum atomic E-state index is 12.9. The molecule has 1 fully saturated rings. The van der Waals surface area contributed by atoms with Crippen molar-refractivity contribution in [1.82, 2.24) is 19.7 Å². The number of aryl methyl sites for hydroxylation is 1. The Kier molecular flexibility index (Phi) is 6.08. The topological polar surface area (TPSA) is 122 Å². The molecule has 0 radical (unpaired) electrons. The van der Waals surface area contributed by atoms with E-state index in [1.165, 1.54) is 0 Å². The first-order valence-corrected chi connectivity index (χ1v) is 12.2. The number of carbonyl (C=O) groups is 1. The summed E-state index contributed by atoms with van der Waals surface area (Å²) in [4.78, 5) is 19.1. The SMILES string of the molecule is Cc1nccn1-c1ccc(N2CCCC(C(=O)Nc3cccc(NS(C)(=O)=O)c3)C2)nn1. The highest BCUT2D eigenvalue weighted by atomic mass is 32.2. The second-order valence-corrected chi connectivity index (χ2v) is 9.57. The lowest BCUT2D eigenvalue weighted by Gasteiger charge is -2.32. The third-order valence-corrected chi connectivity index (χ3v) is 5.86. The molecule has 0 bridgehead atoms. The third kappa shape index (κ3) is 5.22. The van der Waals surface area contributed by atoms with Gasteiger partial charge in [0, 0.05) is 31.2 Å². The zero-order valence-electron chi connectivity index (χ0n) is 17.9. The predicted molar refractivity (Wildman–Crippen MR) is 122 cm³/mol. The zero-order valence-corrected chi connectivity index (χ0v) is 18.7. The fraction of sp³-hybridized carbons (Fsp3) is 0.333. The van der Waals surface area contributed by atoms with Gasteiger partial charge in [0.1, 0.15) is 5.82 Å². The second-order valence-electron chi connectivity index (χ2n) is 7.82. The summed E-state index contributed by atoms with van der Waals surface area (Å²) in [5.41, 5.74) is 0.944. The summed E-state index contributed by atoms with van der Waals surface area (Å²) < 4.78 is 27.1. The lowest BCUT2D eigenvalue weighted by molar-refractivity contribution is -0.120. The van der Waals surface area contributed by atoms with E-state index in [1.54, 1.807) is 30.5 Å². The van der Waals surface area contributed by atoms with E-state index in [4.69, 9.17) is 0 Å². The lowest BCUT2D eigenvalue weighted by Crippen LogP contribution is -2.41. The molecule has 4 rings (SSSR count). The number of hydrogen-bond acceptors (Lipinski definition) is 7. The van der Waals surface area contributed by atoms with Gasteiger partial charge in [-0.1, -0.05) is 6.07 Å². The van der Waals surface area contributed by atoms with Gasteiger partial charge in [-0.2, -0.15) is 0 Å². The number of piperidine rings is 1. The summed E-state index contributed by atoms with van der Waals surface area (Å²) in [6.45, 7) is 3.23. The molecule has 3 aromatic rings. The molecule has 32 heavy (non-hydrogen) atoms. The smallest absolute Gasteiger partial charge is 0.229 e. The largest absolute Gasteiger partial charge is 0.354 e. The van der Waals surface area contributed by atoms with E-state index in [2.05, 4.69) is 30.1 Å². The summed E-state index contributed by atoms with van der Waals surface area (Å²) in [5.74, 6) is 1.93. The minimum Gasteiger partial charge on any atom is -0.354 e. The Bertz CT molecular complexity index is 1210. The third-order valence-electron chi connectivity index (χ3n) is 5.26. The molecule has 2 N–H and O–H groups in total. The summed E-state index contributed by atoms with van der Waals surface area (Å²) in [6.07, 6.45) is 6.26. The molecule has 1 aromatic carbocycles. The van der Waals surface area contributed by atoms with Gasteiger partial charge >= 0.3 is 0 Å². The second kappa shape index (κ2) is 8.95. The molecule has 0 saturated carbocycles. The number of hydrogen-bond donors (Lipinski definition) is 2. The predicted octanol–water partition coefficient (Wildman–Crippen LogP) is 2.20. The highest BCUT2D eigenvalue weighted by Gasteiger charge is 2.27. The number of benzene rings is 1. The number of nitrogens with zero attached hydrogens (tertiary/aromatic N) is 5. The van der Waals surface area contributed by atoms with E-state index in [9.17, 15) is 13.2 Å². The number of sulfonamides is 1. The maximum absolute atomic E-state index is 12.9. The zero-order chi connectivity index (χ0) is 22.7. The van der Waals surface area contributed by atoms with Crippen LogP contribution in [0.1, 0.15) is 18.7 Å². The van der Waals surface area contributed by atoms with E-state index in [-0.39, 0.29) is 11.8 Å². The molecule has 1 atom stereocenters. The normalized spacial score (nSPS) is 16.6. The van der Waals surface area contributed by atoms with Crippen molar-refractivity contribution in [2.24, 2.45) is 5.92 Å². The van der Waals surface area contributed by atoms with Crippen molar-refractivity contribution in [2.45, 2.75) is 19.8 Å². The van der Waals surface area contributed by atoms with E-state index < -0.39 is 10.0 Å². The molecule has 0 spiro atoms. The molecule has 10 nitrogen and oxygen atoms in total. The number of nitrogens with one attached hydrogen (secondary N) is 2.